The van der Waals surface area contributed by atoms with Crippen LogP contribution in [0.15, 0.2) is 0 Å². The van der Waals surface area contributed by atoms with Gasteiger partial charge in [-0.1, -0.05) is 130 Å². The zero-order chi connectivity index (χ0) is 66.6. The van der Waals surface area contributed by atoms with Crippen LogP contribution < -0.4 is 0 Å². The van der Waals surface area contributed by atoms with Crippen LogP contribution in [-0.2, 0) is 80.8 Å². The van der Waals surface area contributed by atoms with Crippen LogP contribution in [0.5, 0.6) is 0 Å². The molecule has 0 aliphatic carbocycles. The molecule has 0 saturated heterocycles. The van der Waals surface area contributed by atoms with Gasteiger partial charge in [0.25, 0.3) is 0 Å². The van der Waals surface area contributed by atoms with Gasteiger partial charge in [-0.05, 0) is 103 Å². The highest BCUT2D eigenvalue weighted by molar-refractivity contribution is 5.76. The van der Waals surface area contributed by atoms with Crippen molar-refractivity contribution in [1.29, 1.82) is 0 Å². The van der Waals surface area contributed by atoms with Crippen molar-refractivity contribution >= 4 is 23.9 Å². The van der Waals surface area contributed by atoms with E-state index < -0.39 is 48.3 Å². The summed E-state index contributed by atoms with van der Waals surface area (Å²) in [6, 6.07) is 0. The summed E-state index contributed by atoms with van der Waals surface area (Å²) in [5, 5.41) is 44.0. The number of ether oxygens (including phenoxy) is 13. The van der Waals surface area contributed by atoms with Crippen LogP contribution in [0.4, 0.5) is 0 Å². The molecular weight excluding hydrogens is 1180 g/mol. The molecular formula is C68H132N2O21. The zero-order valence-electron chi connectivity index (χ0n) is 57.5. The molecule has 0 bridgehead atoms. The highest BCUT2D eigenvalue weighted by Gasteiger charge is 2.28. The van der Waals surface area contributed by atoms with Crippen LogP contribution >= 0.6 is 0 Å². The number of nitrogens with zero attached hydrogens (tertiary/aromatic N) is 2. The monoisotopic (exact) mass is 1310 g/mol. The average molecular weight is 1310 g/mol. The molecule has 0 heterocycles. The van der Waals surface area contributed by atoms with E-state index in [1.807, 2.05) is 0 Å². The third-order valence-electron chi connectivity index (χ3n) is 14.9. The molecule has 4 atom stereocenters. The minimum Gasteiger partial charge on any atom is -0.464 e. The minimum atomic E-state index is -1.61. The summed E-state index contributed by atoms with van der Waals surface area (Å²) < 4.78 is 71.8. The fraction of sp³-hybridized carbons (Fsp3) is 0.941. The Morgan fingerprint density at radius 2 is 0.418 bits per heavy atom. The van der Waals surface area contributed by atoms with Gasteiger partial charge in [0.1, 0.15) is 27.2 Å². The van der Waals surface area contributed by atoms with E-state index in [1.54, 1.807) is 0 Å². The maximum Gasteiger partial charge on any atom is 0.336 e. The van der Waals surface area contributed by atoms with E-state index in [1.165, 1.54) is 61.2 Å². The summed E-state index contributed by atoms with van der Waals surface area (Å²) in [6.07, 6.45) is 24.1. The van der Waals surface area contributed by atoms with Gasteiger partial charge in [0.2, 0.25) is 0 Å². The molecule has 0 aromatic rings. The molecule has 540 valence electrons. The molecule has 0 aromatic heterocycles. The van der Waals surface area contributed by atoms with E-state index >= 15 is 0 Å². The standard InChI is InChI=1S/C68H132N2O21/c1-5-9-13-25-39-80-57-84-43-29-17-21-33-47-88-65(75)61(71)53-69(54-62(72)66(76)89-48-34-22-18-30-44-85-58-81-40-26-14-10-6-2)37-51-79-52-38-70(55-63(73)67(77)90-49-35-23-19-31-45-86-59-82-41-27-15-11-7-3)56-64(74)68(78)91-50-36-24-20-32-46-87-60-83-42-28-16-12-8-4/h61-64,71-74H,5-60H2,1-4H3. The Balaban J connectivity index is 5.45. The number of hydrogen-bond acceptors (Lipinski definition) is 23. The Morgan fingerprint density at radius 1 is 0.242 bits per heavy atom. The Bertz CT molecular complexity index is 1360. The van der Waals surface area contributed by atoms with Gasteiger partial charge in [-0.3, -0.25) is 9.80 Å². The first-order chi connectivity index (χ1) is 44.5. The van der Waals surface area contributed by atoms with Gasteiger partial charge in [-0.2, -0.15) is 0 Å². The van der Waals surface area contributed by atoms with E-state index in [9.17, 15) is 39.6 Å². The number of carbonyl (C=O) groups is 4. The van der Waals surface area contributed by atoms with E-state index in [-0.39, 0.29) is 106 Å². The molecule has 4 N–H and O–H groups in total. The second-order valence-electron chi connectivity index (χ2n) is 23.5. The van der Waals surface area contributed by atoms with Crippen LogP contribution in [0, 0.1) is 0 Å². The number of aliphatic hydroxyl groups excluding tert-OH is 4. The lowest BCUT2D eigenvalue weighted by Gasteiger charge is -2.27. The van der Waals surface area contributed by atoms with Gasteiger partial charge in [0.15, 0.2) is 24.4 Å². The van der Waals surface area contributed by atoms with Gasteiger partial charge >= 0.3 is 23.9 Å². The summed E-state index contributed by atoms with van der Waals surface area (Å²) in [5.41, 5.74) is 0. The van der Waals surface area contributed by atoms with Crippen LogP contribution in [0.2, 0.25) is 0 Å². The van der Waals surface area contributed by atoms with Crippen molar-refractivity contribution in [3.63, 3.8) is 0 Å². The first-order valence-corrected chi connectivity index (χ1v) is 35.5. The molecule has 0 saturated carbocycles. The lowest BCUT2D eigenvalue weighted by molar-refractivity contribution is -0.158. The predicted molar refractivity (Wildman–Crippen MR) is 349 cm³/mol. The molecule has 0 radical (unpaired) electrons. The van der Waals surface area contributed by atoms with Gasteiger partial charge in [0.05, 0.1) is 39.6 Å². The molecule has 0 fully saturated rings. The van der Waals surface area contributed by atoms with Gasteiger partial charge in [-0.15, -0.1) is 0 Å². The smallest absolute Gasteiger partial charge is 0.336 e. The molecule has 0 aliphatic rings. The molecule has 0 spiro atoms. The van der Waals surface area contributed by atoms with Crippen molar-refractivity contribution in [3.8, 4) is 0 Å². The first-order valence-electron chi connectivity index (χ1n) is 35.5. The third kappa shape index (κ3) is 61.9. The van der Waals surface area contributed by atoms with E-state index in [4.69, 9.17) is 61.6 Å². The number of aliphatic hydroxyl groups is 4. The molecule has 0 aliphatic heterocycles. The molecule has 91 heavy (non-hydrogen) atoms. The topological polar surface area (TPSA) is 276 Å². The number of esters is 4. The van der Waals surface area contributed by atoms with Crippen LogP contribution in [0.25, 0.3) is 0 Å². The summed E-state index contributed by atoms with van der Waals surface area (Å²) in [6.45, 7) is 14.1. The minimum absolute atomic E-state index is 0.0196. The molecule has 4 unspecified atom stereocenters. The highest BCUT2D eigenvalue weighted by atomic mass is 16.7. The van der Waals surface area contributed by atoms with Crippen LogP contribution in [0.3, 0.4) is 0 Å². The quantitative estimate of drug-likeness (QED) is 0.0191. The second kappa shape index (κ2) is 70.1. The molecule has 0 rings (SSSR count). The normalized spacial score (nSPS) is 13.0. The Morgan fingerprint density at radius 3 is 0.604 bits per heavy atom. The first kappa shape index (κ1) is 88.3. The van der Waals surface area contributed by atoms with E-state index in [0.717, 1.165) is 128 Å². The van der Waals surface area contributed by atoms with Gasteiger partial charge in [0, 0.05) is 92.1 Å². The summed E-state index contributed by atoms with van der Waals surface area (Å²) >= 11 is 0. The van der Waals surface area contributed by atoms with Crippen molar-refractivity contribution < 1.29 is 101 Å². The highest BCUT2D eigenvalue weighted by Crippen LogP contribution is 2.10. The molecule has 0 aromatic carbocycles. The van der Waals surface area contributed by atoms with Crippen LogP contribution in [-0.4, -0.2) is 237 Å². The lowest BCUT2D eigenvalue weighted by Crippen LogP contribution is -2.46. The van der Waals surface area contributed by atoms with Crippen molar-refractivity contribution in [1.82, 2.24) is 9.80 Å². The van der Waals surface area contributed by atoms with Crippen molar-refractivity contribution in [3.05, 3.63) is 0 Å². The zero-order valence-corrected chi connectivity index (χ0v) is 57.5. The van der Waals surface area contributed by atoms with Gasteiger partial charge < -0.3 is 82.0 Å². The van der Waals surface area contributed by atoms with Crippen LogP contribution in [0.1, 0.15) is 233 Å². The largest absolute Gasteiger partial charge is 0.464 e. The predicted octanol–water partition coefficient (Wildman–Crippen LogP) is 9.75. The lowest BCUT2D eigenvalue weighted by atomic mass is 10.2. The molecule has 23 nitrogen and oxygen atoms in total. The maximum absolute atomic E-state index is 13.0. The van der Waals surface area contributed by atoms with Crippen molar-refractivity contribution in [2.45, 2.75) is 258 Å². The second-order valence-corrected chi connectivity index (χ2v) is 23.5. The summed E-state index contributed by atoms with van der Waals surface area (Å²) in [7, 11) is 0. The third-order valence-corrected chi connectivity index (χ3v) is 14.9. The Labute approximate surface area is 549 Å². The Hall–Kier alpha value is -2.72. The maximum atomic E-state index is 13.0. The van der Waals surface area contributed by atoms with Gasteiger partial charge in [-0.25, -0.2) is 19.2 Å². The number of rotatable bonds is 74. The average Bonchev–Trinajstić information content (AvgIpc) is 3.72. The van der Waals surface area contributed by atoms with Crippen molar-refractivity contribution in [2.75, 3.05) is 159 Å². The fourth-order valence-corrected chi connectivity index (χ4v) is 9.23. The summed E-state index contributed by atoms with van der Waals surface area (Å²) in [5.74, 6) is -3.40. The number of unbranched alkanes of at least 4 members (excludes halogenated alkanes) is 24. The number of carbonyl (C=O) groups excluding carboxylic acids is 4. The SMILES string of the molecule is CCCCCCOCOCCCCCCOC(=O)C(O)CN(CCOCCN(CC(O)C(=O)OCCCCCCOCOCCCCCC)CC(O)C(=O)OCCCCCCOCOCCCCCC)CC(O)C(=O)OCCCCCCOCOCCCCCC. The van der Waals surface area contributed by atoms with E-state index in [0.29, 0.717) is 78.5 Å². The van der Waals surface area contributed by atoms with Crippen molar-refractivity contribution in [2.24, 2.45) is 0 Å². The Kier molecular flexibility index (Phi) is 68.0. The van der Waals surface area contributed by atoms with E-state index in [2.05, 4.69) is 27.7 Å². The molecule has 23 heteroatoms. The number of hydrogen-bond donors (Lipinski definition) is 4. The fourth-order valence-electron chi connectivity index (χ4n) is 9.23. The summed E-state index contributed by atoms with van der Waals surface area (Å²) in [4.78, 5) is 55.0. The molecule has 0 amide bonds.